The Morgan fingerprint density at radius 1 is 1.35 bits per heavy atom. The highest BCUT2D eigenvalue weighted by atomic mass is 32.2. The van der Waals surface area contributed by atoms with Crippen LogP contribution < -0.4 is 4.72 Å². The first-order valence-corrected chi connectivity index (χ1v) is 9.03. The third kappa shape index (κ3) is 3.20. The quantitative estimate of drug-likeness (QED) is 0.709. The molecule has 0 aliphatic heterocycles. The van der Waals surface area contributed by atoms with Crippen LogP contribution in [0.15, 0.2) is 40.2 Å². The highest BCUT2D eigenvalue weighted by molar-refractivity contribution is 7.92. The first kappa shape index (κ1) is 15.5. The molecular formula is C14H12N2O5S2. The number of carbonyl (C=O) groups excluding carboxylic acids is 1. The number of rotatable bonds is 5. The van der Waals surface area contributed by atoms with Gasteiger partial charge >= 0.3 is 5.97 Å². The third-order valence-corrected chi connectivity index (χ3v) is 5.16. The Morgan fingerprint density at radius 3 is 2.91 bits per heavy atom. The van der Waals surface area contributed by atoms with E-state index in [9.17, 15) is 13.2 Å². The molecule has 23 heavy (non-hydrogen) atoms. The number of para-hydroxylation sites is 1. The summed E-state index contributed by atoms with van der Waals surface area (Å²) < 4.78 is 36.8. The van der Waals surface area contributed by atoms with Crippen LogP contribution in [0.3, 0.4) is 0 Å². The fraction of sp³-hybridized carbons (Fsp3) is 0.143. The minimum atomic E-state index is -3.76. The van der Waals surface area contributed by atoms with Crippen molar-refractivity contribution in [3.05, 3.63) is 46.3 Å². The van der Waals surface area contributed by atoms with Crippen LogP contribution in [0, 0.1) is 0 Å². The fourth-order valence-electron chi connectivity index (χ4n) is 2.07. The van der Waals surface area contributed by atoms with Crippen LogP contribution in [0.2, 0.25) is 0 Å². The molecule has 0 amide bonds. The van der Waals surface area contributed by atoms with Gasteiger partial charge in [-0.3, -0.25) is 4.72 Å². The van der Waals surface area contributed by atoms with Crippen LogP contribution in [-0.2, 0) is 20.5 Å². The van der Waals surface area contributed by atoms with Crippen molar-refractivity contribution in [3.8, 4) is 0 Å². The van der Waals surface area contributed by atoms with E-state index in [1.54, 1.807) is 29.6 Å². The number of sulfonamides is 1. The first-order valence-electron chi connectivity index (χ1n) is 6.50. The van der Waals surface area contributed by atoms with E-state index in [0.29, 0.717) is 16.7 Å². The number of hydrogen-bond donors (Lipinski definition) is 1. The molecule has 0 unspecified atom stereocenters. The molecule has 120 valence electrons. The zero-order valence-electron chi connectivity index (χ0n) is 12.0. The summed E-state index contributed by atoms with van der Waals surface area (Å²) in [4.78, 5) is 11.8. The smallest absolute Gasteiger partial charge is 0.350 e. The summed E-state index contributed by atoms with van der Waals surface area (Å²) in [5, 5.41) is 6.04. The highest BCUT2D eigenvalue weighted by Gasteiger charge is 2.21. The summed E-state index contributed by atoms with van der Waals surface area (Å²) in [6.07, 6.45) is 0. The number of nitrogens with zero attached hydrogens (tertiary/aromatic N) is 1. The number of nitrogens with one attached hydrogen (secondary N) is 1. The van der Waals surface area contributed by atoms with Crippen LogP contribution in [0.1, 0.15) is 15.4 Å². The number of benzene rings is 1. The molecule has 0 saturated heterocycles. The number of fused-ring (bicyclic) bond motifs is 1. The largest absolute Gasteiger partial charge is 0.465 e. The van der Waals surface area contributed by atoms with Gasteiger partial charge in [0, 0.05) is 5.39 Å². The lowest BCUT2D eigenvalue weighted by atomic mass is 10.2. The first-order chi connectivity index (χ1) is 11.0. The molecule has 9 heteroatoms. The number of carbonyl (C=O) groups is 1. The fourth-order valence-corrected chi connectivity index (χ4v) is 4.04. The van der Waals surface area contributed by atoms with Crippen molar-refractivity contribution in [2.75, 3.05) is 11.8 Å². The Kier molecular flexibility index (Phi) is 4.05. The SMILES string of the molecule is COC(=O)c1sccc1NS(=O)(=O)Cc1noc2ccccc12. The van der Waals surface area contributed by atoms with Gasteiger partial charge in [-0.25, -0.2) is 13.2 Å². The number of hydrogen-bond acceptors (Lipinski definition) is 7. The second kappa shape index (κ2) is 6.01. The second-order valence-electron chi connectivity index (χ2n) is 4.64. The lowest BCUT2D eigenvalue weighted by molar-refractivity contribution is 0.0607. The van der Waals surface area contributed by atoms with Gasteiger partial charge in [-0.05, 0) is 23.6 Å². The Balaban J connectivity index is 1.86. The van der Waals surface area contributed by atoms with Gasteiger partial charge in [0.2, 0.25) is 10.0 Å². The zero-order valence-corrected chi connectivity index (χ0v) is 13.6. The van der Waals surface area contributed by atoms with Gasteiger partial charge < -0.3 is 9.26 Å². The van der Waals surface area contributed by atoms with Gasteiger partial charge in [0.05, 0.1) is 12.8 Å². The molecule has 0 saturated carbocycles. The molecule has 0 atom stereocenters. The molecule has 0 spiro atoms. The minimum Gasteiger partial charge on any atom is -0.465 e. The van der Waals surface area contributed by atoms with Gasteiger partial charge in [-0.2, -0.15) is 0 Å². The maximum Gasteiger partial charge on any atom is 0.350 e. The molecule has 2 aromatic heterocycles. The van der Waals surface area contributed by atoms with Gasteiger partial charge in [0.15, 0.2) is 5.58 Å². The molecule has 1 aromatic carbocycles. The van der Waals surface area contributed by atoms with E-state index >= 15 is 0 Å². The number of esters is 1. The summed E-state index contributed by atoms with van der Waals surface area (Å²) >= 11 is 1.10. The predicted octanol–water partition coefficient (Wildman–Crippen LogP) is 2.62. The van der Waals surface area contributed by atoms with E-state index in [1.807, 2.05) is 0 Å². The predicted molar refractivity (Wildman–Crippen MR) is 85.9 cm³/mol. The van der Waals surface area contributed by atoms with Crippen LogP contribution in [0.5, 0.6) is 0 Å². The average Bonchev–Trinajstić information content (AvgIpc) is 3.13. The minimum absolute atomic E-state index is 0.189. The molecule has 0 fully saturated rings. The zero-order chi connectivity index (χ0) is 16.4. The Hall–Kier alpha value is -2.39. The maximum atomic E-state index is 12.3. The number of thiophene rings is 1. The number of methoxy groups -OCH3 is 1. The molecule has 3 aromatic rings. The van der Waals surface area contributed by atoms with Gasteiger partial charge in [0.25, 0.3) is 0 Å². The standard InChI is InChI=1S/C14H12N2O5S2/c1-20-14(17)13-10(6-7-22-13)16-23(18,19)8-11-9-4-2-3-5-12(9)21-15-11/h2-7,16H,8H2,1H3. The molecule has 0 aliphatic carbocycles. The van der Waals surface area contributed by atoms with Crippen molar-refractivity contribution in [2.24, 2.45) is 0 Å². The van der Waals surface area contributed by atoms with Crippen molar-refractivity contribution in [2.45, 2.75) is 5.75 Å². The average molecular weight is 352 g/mol. The molecule has 7 nitrogen and oxygen atoms in total. The number of ether oxygens (including phenoxy) is 1. The molecule has 0 aliphatic rings. The van der Waals surface area contributed by atoms with Gasteiger partial charge in [0.1, 0.15) is 16.3 Å². The van der Waals surface area contributed by atoms with Crippen LogP contribution in [0.4, 0.5) is 5.69 Å². The highest BCUT2D eigenvalue weighted by Crippen LogP contribution is 2.26. The van der Waals surface area contributed by atoms with Crippen molar-refractivity contribution in [3.63, 3.8) is 0 Å². The normalized spacial score (nSPS) is 11.5. The Bertz CT molecular complexity index is 958. The maximum absolute atomic E-state index is 12.3. The Morgan fingerprint density at radius 2 is 2.13 bits per heavy atom. The van der Waals surface area contributed by atoms with Gasteiger partial charge in [-0.15, -0.1) is 11.3 Å². The lowest BCUT2D eigenvalue weighted by Gasteiger charge is -2.06. The molecule has 0 bridgehead atoms. The Labute approximate surface area is 135 Å². The van der Waals surface area contributed by atoms with E-state index in [2.05, 4.69) is 14.6 Å². The van der Waals surface area contributed by atoms with Crippen molar-refractivity contribution < 1.29 is 22.5 Å². The van der Waals surface area contributed by atoms with Crippen molar-refractivity contribution >= 4 is 44.0 Å². The lowest BCUT2D eigenvalue weighted by Crippen LogP contribution is -2.16. The van der Waals surface area contributed by atoms with E-state index < -0.39 is 16.0 Å². The summed E-state index contributed by atoms with van der Waals surface area (Å²) in [5.41, 5.74) is 1.01. The summed E-state index contributed by atoms with van der Waals surface area (Å²) in [5.74, 6) is -0.954. The summed E-state index contributed by atoms with van der Waals surface area (Å²) in [6.45, 7) is 0. The summed E-state index contributed by atoms with van der Waals surface area (Å²) in [7, 11) is -2.52. The van der Waals surface area contributed by atoms with E-state index in [0.717, 1.165) is 11.3 Å². The molecule has 0 radical (unpaired) electrons. The molecule has 2 heterocycles. The summed E-state index contributed by atoms with van der Waals surface area (Å²) in [6, 6.07) is 8.51. The van der Waals surface area contributed by atoms with Crippen LogP contribution in [0.25, 0.3) is 11.0 Å². The topological polar surface area (TPSA) is 98.5 Å². The van der Waals surface area contributed by atoms with Crippen LogP contribution in [-0.4, -0.2) is 26.7 Å². The monoisotopic (exact) mass is 352 g/mol. The van der Waals surface area contributed by atoms with E-state index in [4.69, 9.17) is 4.52 Å². The van der Waals surface area contributed by atoms with E-state index in [-0.39, 0.29) is 16.3 Å². The van der Waals surface area contributed by atoms with Crippen LogP contribution >= 0.6 is 11.3 Å². The molecule has 1 N–H and O–H groups in total. The van der Waals surface area contributed by atoms with E-state index in [1.165, 1.54) is 13.2 Å². The molecular weight excluding hydrogens is 340 g/mol. The van der Waals surface area contributed by atoms with Crippen molar-refractivity contribution in [1.82, 2.24) is 5.16 Å². The molecule has 3 rings (SSSR count). The van der Waals surface area contributed by atoms with Gasteiger partial charge in [-0.1, -0.05) is 17.3 Å². The number of aromatic nitrogens is 1. The number of anilines is 1. The van der Waals surface area contributed by atoms with Crippen molar-refractivity contribution in [1.29, 1.82) is 0 Å². The second-order valence-corrected chi connectivity index (χ2v) is 7.28. The third-order valence-electron chi connectivity index (χ3n) is 3.08.